The van der Waals surface area contributed by atoms with Crippen LogP contribution in [0.25, 0.3) is 5.69 Å². The van der Waals surface area contributed by atoms with E-state index in [0.717, 1.165) is 23.5 Å². The van der Waals surface area contributed by atoms with Crippen molar-refractivity contribution >= 4 is 22.1 Å². The lowest BCUT2D eigenvalue weighted by atomic mass is 10.1. The van der Waals surface area contributed by atoms with Gasteiger partial charge in [0.2, 0.25) is 15.9 Å². The van der Waals surface area contributed by atoms with E-state index in [0.29, 0.717) is 11.3 Å². The van der Waals surface area contributed by atoms with Gasteiger partial charge >= 0.3 is 6.18 Å². The molecule has 0 aliphatic carbocycles. The molecule has 0 unspecified atom stereocenters. The van der Waals surface area contributed by atoms with Gasteiger partial charge in [0, 0.05) is 22.6 Å². The van der Waals surface area contributed by atoms with Crippen LogP contribution in [0.15, 0.2) is 64.6 Å². The summed E-state index contributed by atoms with van der Waals surface area (Å²) in [5.41, 5.74) is 4.75. The fraction of sp³-hybridized carbons (Fsp3) is 0.182. The number of alkyl halides is 3. The van der Waals surface area contributed by atoms with Gasteiger partial charge in [0.05, 0.1) is 23.1 Å². The van der Waals surface area contributed by atoms with Gasteiger partial charge in [0.25, 0.3) is 0 Å². The monoisotopic (exact) mass is 478 g/mol. The van der Waals surface area contributed by atoms with E-state index >= 15 is 0 Å². The summed E-state index contributed by atoms with van der Waals surface area (Å²) in [6, 6.07) is 12.4. The van der Waals surface area contributed by atoms with Crippen molar-refractivity contribution in [2.75, 3.05) is 0 Å². The lowest BCUT2D eigenvalue weighted by molar-refractivity contribution is -0.137. The minimum Gasteiger partial charge on any atom is -0.318 e. The van der Waals surface area contributed by atoms with Crippen LogP contribution in [0.3, 0.4) is 0 Å². The van der Waals surface area contributed by atoms with Gasteiger partial charge in [-0.1, -0.05) is 18.2 Å². The molecule has 0 radical (unpaired) electrons. The van der Waals surface area contributed by atoms with Crippen molar-refractivity contribution in [2.24, 2.45) is 10.2 Å². The second kappa shape index (κ2) is 9.20. The topological polar surface area (TPSA) is 107 Å². The van der Waals surface area contributed by atoms with Gasteiger partial charge in [-0.15, -0.1) is 0 Å². The number of carbonyl (C=O) groups is 1. The zero-order valence-electron chi connectivity index (χ0n) is 17.7. The molecule has 1 amide bonds. The average molecular weight is 478 g/mol. The Morgan fingerprint density at radius 1 is 1.12 bits per heavy atom. The summed E-state index contributed by atoms with van der Waals surface area (Å²) in [7, 11) is -3.80. The predicted molar refractivity (Wildman–Crippen MR) is 118 cm³/mol. The average Bonchev–Trinajstić information content (AvgIpc) is 3.00. The van der Waals surface area contributed by atoms with Gasteiger partial charge in [-0.2, -0.15) is 18.3 Å². The Morgan fingerprint density at radius 3 is 2.39 bits per heavy atom. The SMILES string of the molecule is Cc1cc(/C=N/NC(=O)Cc2cccc(C(F)(F)F)c2)c(C)n1-c1ccc(S(N)(=O)=O)cc1. The molecular weight excluding hydrogens is 457 g/mol. The van der Waals surface area contributed by atoms with E-state index < -0.39 is 27.7 Å². The first-order valence-corrected chi connectivity index (χ1v) is 11.2. The number of sulfonamides is 1. The molecule has 33 heavy (non-hydrogen) atoms. The van der Waals surface area contributed by atoms with Crippen LogP contribution in [0.4, 0.5) is 13.2 Å². The van der Waals surface area contributed by atoms with Crippen molar-refractivity contribution in [3.8, 4) is 5.69 Å². The van der Waals surface area contributed by atoms with Gasteiger partial charge < -0.3 is 4.57 Å². The van der Waals surface area contributed by atoms with Crippen molar-refractivity contribution in [3.63, 3.8) is 0 Å². The van der Waals surface area contributed by atoms with Crippen LogP contribution in [-0.4, -0.2) is 25.1 Å². The van der Waals surface area contributed by atoms with E-state index in [4.69, 9.17) is 5.14 Å². The van der Waals surface area contributed by atoms with Gasteiger partial charge in [-0.3, -0.25) is 4.79 Å². The highest BCUT2D eigenvalue weighted by Gasteiger charge is 2.30. The van der Waals surface area contributed by atoms with Crippen molar-refractivity contribution in [3.05, 3.63) is 82.7 Å². The number of carbonyl (C=O) groups excluding carboxylic acids is 1. The Morgan fingerprint density at radius 2 is 1.79 bits per heavy atom. The molecule has 0 bridgehead atoms. The summed E-state index contributed by atoms with van der Waals surface area (Å²) in [4.78, 5) is 12.1. The third-order valence-electron chi connectivity index (χ3n) is 4.91. The van der Waals surface area contributed by atoms with Crippen LogP contribution in [-0.2, 0) is 27.4 Å². The smallest absolute Gasteiger partial charge is 0.318 e. The zero-order valence-corrected chi connectivity index (χ0v) is 18.5. The maximum Gasteiger partial charge on any atom is 0.416 e. The number of hydrogen-bond donors (Lipinski definition) is 2. The molecule has 3 N–H and O–H groups in total. The van der Waals surface area contributed by atoms with Crippen LogP contribution in [0.1, 0.15) is 28.1 Å². The van der Waals surface area contributed by atoms with Crippen LogP contribution < -0.4 is 10.6 Å². The normalized spacial score (nSPS) is 12.3. The van der Waals surface area contributed by atoms with E-state index in [1.165, 1.54) is 30.5 Å². The largest absolute Gasteiger partial charge is 0.416 e. The number of primary sulfonamides is 1. The Hall–Kier alpha value is -3.44. The fourth-order valence-electron chi connectivity index (χ4n) is 3.36. The van der Waals surface area contributed by atoms with E-state index in [2.05, 4.69) is 10.5 Å². The van der Waals surface area contributed by atoms with E-state index in [1.807, 2.05) is 24.5 Å². The molecule has 0 fully saturated rings. The van der Waals surface area contributed by atoms with Crippen molar-refractivity contribution < 1.29 is 26.4 Å². The highest BCUT2D eigenvalue weighted by molar-refractivity contribution is 7.89. The molecule has 174 valence electrons. The number of benzene rings is 2. The van der Waals surface area contributed by atoms with E-state index in [-0.39, 0.29) is 16.9 Å². The molecule has 0 aliphatic rings. The second-order valence-corrected chi connectivity index (χ2v) is 8.93. The number of amides is 1. The summed E-state index contributed by atoms with van der Waals surface area (Å²) in [5.74, 6) is -0.557. The molecule has 11 heteroatoms. The number of hydrogen-bond acceptors (Lipinski definition) is 4. The number of nitrogens with two attached hydrogens (primary N) is 1. The van der Waals surface area contributed by atoms with Crippen LogP contribution in [0.5, 0.6) is 0 Å². The molecule has 0 saturated heterocycles. The number of rotatable bonds is 6. The summed E-state index contributed by atoms with van der Waals surface area (Å²) in [5, 5.41) is 9.04. The Balaban J connectivity index is 1.71. The maximum atomic E-state index is 12.8. The first kappa shape index (κ1) is 24.2. The van der Waals surface area contributed by atoms with Gasteiger partial charge in [-0.05, 0) is 55.8 Å². The lowest BCUT2D eigenvalue weighted by Crippen LogP contribution is -2.20. The number of aryl methyl sites for hydroxylation is 1. The zero-order chi connectivity index (χ0) is 24.4. The van der Waals surface area contributed by atoms with Crippen molar-refractivity contribution in [2.45, 2.75) is 31.3 Å². The molecule has 0 spiro atoms. The first-order valence-electron chi connectivity index (χ1n) is 9.66. The van der Waals surface area contributed by atoms with Gasteiger partial charge in [0.1, 0.15) is 0 Å². The number of nitrogens with zero attached hydrogens (tertiary/aromatic N) is 2. The quantitative estimate of drug-likeness (QED) is 0.419. The molecule has 3 aromatic rings. The number of aromatic nitrogens is 1. The summed E-state index contributed by atoms with van der Waals surface area (Å²) in [6.07, 6.45) is -3.30. The maximum absolute atomic E-state index is 12.8. The standard InChI is InChI=1S/C22H21F3N4O3S/c1-14-10-17(15(2)29(14)19-6-8-20(9-7-19)33(26,31)32)13-27-28-21(30)12-16-4-3-5-18(11-16)22(23,24)25/h3-11,13H,12H2,1-2H3,(H,28,30)(H2,26,31,32)/b27-13+. The summed E-state index contributed by atoms with van der Waals surface area (Å²) < 4.78 is 63.2. The number of nitrogens with one attached hydrogen (secondary N) is 1. The van der Waals surface area contributed by atoms with Crippen LogP contribution >= 0.6 is 0 Å². The molecule has 3 rings (SSSR count). The molecular formula is C22H21F3N4O3S. The van der Waals surface area contributed by atoms with Crippen LogP contribution in [0.2, 0.25) is 0 Å². The molecule has 1 aromatic heterocycles. The third-order valence-corrected chi connectivity index (χ3v) is 5.83. The molecule has 0 atom stereocenters. The summed E-state index contributed by atoms with van der Waals surface area (Å²) in [6.45, 7) is 3.68. The fourth-order valence-corrected chi connectivity index (χ4v) is 3.87. The lowest BCUT2D eigenvalue weighted by Gasteiger charge is -2.10. The molecule has 2 aromatic carbocycles. The highest BCUT2D eigenvalue weighted by Crippen LogP contribution is 2.29. The molecule has 0 aliphatic heterocycles. The molecule has 7 nitrogen and oxygen atoms in total. The van der Waals surface area contributed by atoms with Crippen LogP contribution in [0, 0.1) is 13.8 Å². The van der Waals surface area contributed by atoms with E-state index in [1.54, 1.807) is 12.1 Å². The van der Waals surface area contributed by atoms with E-state index in [9.17, 15) is 26.4 Å². The predicted octanol–water partition coefficient (Wildman–Crippen LogP) is 3.45. The second-order valence-electron chi connectivity index (χ2n) is 7.37. The van der Waals surface area contributed by atoms with Gasteiger partial charge in [0.15, 0.2) is 0 Å². The highest BCUT2D eigenvalue weighted by atomic mass is 32.2. The Labute approximate surface area is 188 Å². The van der Waals surface area contributed by atoms with Crippen molar-refractivity contribution in [1.82, 2.24) is 9.99 Å². The Kier molecular flexibility index (Phi) is 6.75. The minimum absolute atomic E-state index is 0.000943. The molecule has 0 saturated carbocycles. The first-order chi connectivity index (χ1) is 15.4. The summed E-state index contributed by atoms with van der Waals surface area (Å²) >= 11 is 0. The van der Waals surface area contributed by atoms with Crippen molar-refractivity contribution in [1.29, 1.82) is 0 Å². The number of halogens is 3. The number of hydrazone groups is 1. The van der Waals surface area contributed by atoms with Gasteiger partial charge in [-0.25, -0.2) is 19.0 Å². The minimum atomic E-state index is -4.48. The Bertz CT molecular complexity index is 1310. The third kappa shape index (κ3) is 5.88. The molecule has 1 heterocycles.